The van der Waals surface area contributed by atoms with Crippen molar-refractivity contribution in [3.05, 3.63) is 47.0 Å². The Balaban J connectivity index is 2.32. The molecule has 0 fully saturated rings. The number of nitrogens with zero attached hydrogens (tertiary/aromatic N) is 3. The van der Waals surface area contributed by atoms with Gasteiger partial charge in [0.2, 0.25) is 0 Å². The molecule has 0 bridgehead atoms. The molecule has 1 heterocycles. The number of benzene rings is 1. The zero-order valence-corrected chi connectivity index (χ0v) is 11.3. The van der Waals surface area contributed by atoms with Crippen LogP contribution in [0.2, 0.25) is 5.02 Å². The topological polar surface area (TPSA) is 56.7 Å². The maximum absolute atomic E-state index is 6.23. The van der Waals surface area contributed by atoms with E-state index in [2.05, 4.69) is 24.0 Å². The monoisotopic (exact) mass is 264 g/mol. The van der Waals surface area contributed by atoms with Crippen molar-refractivity contribution in [1.82, 2.24) is 14.8 Å². The largest absolute Gasteiger partial charge is 0.318 e. The number of hydrogen-bond acceptors (Lipinski definition) is 3. The lowest BCUT2D eigenvalue weighted by Gasteiger charge is -2.15. The highest BCUT2D eigenvalue weighted by atomic mass is 35.5. The molecular weight excluding hydrogens is 248 g/mol. The summed E-state index contributed by atoms with van der Waals surface area (Å²) in [4.78, 5) is 0. The van der Waals surface area contributed by atoms with Crippen LogP contribution in [-0.2, 0) is 6.54 Å². The molecule has 0 saturated carbocycles. The minimum Gasteiger partial charge on any atom is -0.318 e. The van der Waals surface area contributed by atoms with Crippen molar-refractivity contribution in [1.29, 1.82) is 0 Å². The summed E-state index contributed by atoms with van der Waals surface area (Å²) in [5, 5.41) is 8.71. The summed E-state index contributed by atoms with van der Waals surface area (Å²) < 4.78 is 1.98. The van der Waals surface area contributed by atoms with Crippen LogP contribution in [0.5, 0.6) is 0 Å². The van der Waals surface area contributed by atoms with E-state index < -0.39 is 0 Å². The summed E-state index contributed by atoms with van der Waals surface area (Å²) in [6.45, 7) is 5.14. The second-order valence-corrected chi connectivity index (χ2v) is 5.14. The molecule has 0 spiro atoms. The first kappa shape index (κ1) is 13.1. The normalized spacial score (nSPS) is 12.9. The van der Waals surface area contributed by atoms with Gasteiger partial charge in [0.05, 0.1) is 6.04 Å². The summed E-state index contributed by atoms with van der Waals surface area (Å²) in [6.07, 6.45) is 1.71. The van der Waals surface area contributed by atoms with Gasteiger partial charge in [-0.1, -0.05) is 43.6 Å². The van der Waals surface area contributed by atoms with Crippen molar-refractivity contribution in [2.24, 2.45) is 11.7 Å². The van der Waals surface area contributed by atoms with Crippen LogP contribution in [0.4, 0.5) is 0 Å². The van der Waals surface area contributed by atoms with E-state index in [0.29, 0.717) is 10.9 Å². The van der Waals surface area contributed by atoms with Crippen LogP contribution >= 0.6 is 11.6 Å². The summed E-state index contributed by atoms with van der Waals surface area (Å²) >= 11 is 6.16. The number of rotatable bonds is 4. The third kappa shape index (κ3) is 2.71. The molecule has 2 N–H and O–H groups in total. The van der Waals surface area contributed by atoms with Gasteiger partial charge < -0.3 is 10.3 Å². The van der Waals surface area contributed by atoms with Gasteiger partial charge in [0.1, 0.15) is 6.33 Å². The van der Waals surface area contributed by atoms with Gasteiger partial charge in [0.25, 0.3) is 0 Å². The highest BCUT2D eigenvalue weighted by Crippen LogP contribution is 2.25. The second-order valence-electron chi connectivity index (χ2n) is 4.73. The molecule has 0 saturated heterocycles. The Labute approximate surface area is 112 Å². The van der Waals surface area contributed by atoms with E-state index in [0.717, 1.165) is 17.9 Å². The predicted molar refractivity (Wildman–Crippen MR) is 72.3 cm³/mol. The van der Waals surface area contributed by atoms with Crippen LogP contribution in [0.15, 0.2) is 30.6 Å². The first-order valence-corrected chi connectivity index (χ1v) is 6.35. The number of hydrogen-bond donors (Lipinski definition) is 1. The highest BCUT2D eigenvalue weighted by molar-refractivity contribution is 6.31. The van der Waals surface area contributed by atoms with Crippen molar-refractivity contribution in [3.63, 3.8) is 0 Å². The van der Waals surface area contributed by atoms with Crippen LogP contribution in [0.25, 0.3) is 0 Å². The van der Waals surface area contributed by atoms with Crippen LogP contribution in [0.1, 0.15) is 31.3 Å². The van der Waals surface area contributed by atoms with Crippen LogP contribution in [0.3, 0.4) is 0 Å². The Kier molecular flexibility index (Phi) is 3.99. The molecule has 2 rings (SSSR count). The minimum absolute atomic E-state index is 0.347. The average molecular weight is 265 g/mol. The first-order chi connectivity index (χ1) is 8.59. The summed E-state index contributed by atoms with van der Waals surface area (Å²) in [5.74, 6) is 1.26. The molecule has 1 aromatic heterocycles. The van der Waals surface area contributed by atoms with Gasteiger partial charge in [-0.15, -0.1) is 10.2 Å². The fourth-order valence-electron chi connectivity index (χ4n) is 1.91. The SMILES string of the molecule is CC(C)Cn1cnnc1[C@H](N)c1ccccc1Cl. The molecule has 5 heteroatoms. The molecule has 0 radical (unpaired) electrons. The van der Waals surface area contributed by atoms with Gasteiger partial charge >= 0.3 is 0 Å². The van der Waals surface area contributed by atoms with Gasteiger partial charge in [-0.2, -0.15) is 0 Å². The third-order valence-electron chi connectivity index (χ3n) is 2.73. The predicted octanol–water partition coefficient (Wildman–Crippen LogP) is 2.64. The summed E-state index contributed by atoms with van der Waals surface area (Å²) in [5.41, 5.74) is 7.10. The van der Waals surface area contributed by atoms with E-state index in [1.54, 1.807) is 6.33 Å². The molecule has 0 amide bonds. The first-order valence-electron chi connectivity index (χ1n) is 5.97. The molecule has 18 heavy (non-hydrogen) atoms. The van der Waals surface area contributed by atoms with Gasteiger partial charge in [0.15, 0.2) is 5.82 Å². The fraction of sp³-hybridized carbons (Fsp3) is 0.385. The van der Waals surface area contributed by atoms with Crippen molar-refractivity contribution >= 4 is 11.6 Å². The maximum atomic E-state index is 6.23. The lowest BCUT2D eigenvalue weighted by molar-refractivity contribution is 0.499. The molecule has 1 atom stereocenters. The molecule has 0 aliphatic rings. The number of aromatic nitrogens is 3. The lowest BCUT2D eigenvalue weighted by atomic mass is 10.1. The highest BCUT2D eigenvalue weighted by Gasteiger charge is 2.18. The molecule has 2 aromatic rings. The smallest absolute Gasteiger partial charge is 0.154 e. The van der Waals surface area contributed by atoms with E-state index in [1.807, 2.05) is 28.8 Å². The Morgan fingerprint density at radius 2 is 2.06 bits per heavy atom. The minimum atomic E-state index is -0.347. The van der Waals surface area contributed by atoms with Gasteiger partial charge in [0, 0.05) is 11.6 Å². The average Bonchev–Trinajstić information content (AvgIpc) is 2.76. The fourth-order valence-corrected chi connectivity index (χ4v) is 2.16. The Hall–Kier alpha value is -1.39. The lowest BCUT2D eigenvalue weighted by Crippen LogP contribution is -2.19. The summed E-state index contributed by atoms with van der Waals surface area (Å²) in [7, 11) is 0. The molecule has 0 unspecified atom stereocenters. The number of halogens is 1. The molecular formula is C13H17ClN4. The van der Waals surface area contributed by atoms with E-state index in [4.69, 9.17) is 17.3 Å². The molecule has 4 nitrogen and oxygen atoms in total. The van der Waals surface area contributed by atoms with Crippen LogP contribution < -0.4 is 5.73 Å². The standard InChI is InChI=1S/C13H17ClN4/c1-9(2)7-18-8-16-17-13(18)12(15)10-5-3-4-6-11(10)14/h3-6,8-9,12H,7,15H2,1-2H3/t12-/m1/s1. The van der Waals surface area contributed by atoms with Crippen molar-refractivity contribution in [3.8, 4) is 0 Å². The Morgan fingerprint density at radius 3 is 2.72 bits per heavy atom. The zero-order chi connectivity index (χ0) is 13.1. The molecule has 0 aliphatic carbocycles. The van der Waals surface area contributed by atoms with E-state index in [-0.39, 0.29) is 6.04 Å². The van der Waals surface area contributed by atoms with Crippen LogP contribution in [0, 0.1) is 5.92 Å². The van der Waals surface area contributed by atoms with Crippen molar-refractivity contribution < 1.29 is 0 Å². The Bertz CT molecular complexity index is 521. The van der Waals surface area contributed by atoms with Gasteiger partial charge in [-0.3, -0.25) is 0 Å². The second kappa shape index (κ2) is 5.50. The van der Waals surface area contributed by atoms with Gasteiger partial charge in [-0.25, -0.2) is 0 Å². The van der Waals surface area contributed by atoms with Crippen molar-refractivity contribution in [2.45, 2.75) is 26.4 Å². The number of nitrogens with two attached hydrogens (primary N) is 1. The zero-order valence-electron chi connectivity index (χ0n) is 10.5. The van der Waals surface area contributed by atoms with E-state index >= 15 is 0 Å². The maximum Gasteiger partial charge on any atom is 0.154 e. The quantitative estimate of drug-likeness (QED) is 0.924. The van der Waals surface area contributed by atoms with E-state index in [1.165, 1.54) is 0 Å². The molecule has 1 aromatic carbocycles. The molecule has 96 valence electrons. The van der Waals surface area contributed by atoms with Crippen molar-refractivity contribution in [2.75, 3.05) is 0 Å². The third-order valence-corrected chi connectivity index (χ3v) is 3.07. The van der Waals surface area contributed by atoms with E-state index in [9.17, 15) is 0 Å². The Morgan fingerprint density at radius 1 is 1.33 bits per heavy atom. The van der Waals surface area contributed by atoms with Gasteiger partial charge in [-0.05, 0) is 17.5 Å². The van der Waals surface area contributed by atoms with Crippen LogP contribution in [-0.4, -0.2) is 14.8 Å². The molecule has 0 aliphatic heterocycles. The summed E-state index contributed by atoms with van der Waals surface area (Å²) in [6, 6.07) is 7.21.